The first kappa shape index (κ1) is 13.2. The van der Waals surface area contributed by atoms with Crippen LogP contribution in [0, 0.1) is 0 Å². The number of hydrogen-bond donors (Lipinski definition) is 1. The molecule has 0 aromatic heterocycles. The number of ether oxygens (including phenoxy) is 1. The minimum Gasteiger partial charge on any atom is -0.493 e. The third-order valence-electron chi connectivity index (χ3n) is 2.19. The summed E-state index contributed by atoms with van der Waals surface area (Å²) in [7, 11) is 0. The summed E-state index contributed by atoms with van der Waals surface area (Å²) in [5.74, 6) is 0.457. The number of ketones is 1. The van der Waals surface area contributed by atoms with Gasteiger partial charge in [0.15, 0.2) is 5.78 Å². The van der Waals surface area contributed by atoms with Gasteiger partial charge < -0.3 is 9.84 Å². The maximum Gasteiger partial charge on any atom is 0.180 e. The minimum atomic E-state index is -0.292. The van der Waals surface area contributed by atoms with Crippen LogP contribution < -0.4 is 4.74 Å². The van der Waals surface area contributed by atoms with Crippen LogP contribution in [0.3, 0.4) is 0 Å². The van der Waals surface area contributed by atoms with Gasteiger partial charge >= 0.3 is 0 Å². The van der Waals surface area contributed by atoms with Crippen LogP contribution in [-0.4, -0.2) is 22.3 Å². The van der Waals surface area contributed by atoms with Crippen LogP contribution >= 0.6 is 15.9 Å². The van der Waals surface area contributed by atoms with Crippen LogP contribution in [0.25, 0.3) is 0 Å². The molecule has 0 heterocycles. The van der Waals surface area contributed by atoms with E-state index in [1.54, 1.807) is 25.1 Å². The average Bonchev–Trinajstić information content (AvgIpc) is 2.28. The molecule has 0 saturated carbocycles. The summed E-state index contributed by atoms with van der Waals surface area (Å²) in [5, 5.41) is 9.22. The van der Waals surface area contributed by atoms with Crippen LogP contribution in [0.2, 0.25) is 0 Å². The summed E-state index contributed by atoms with van der Waals surface area (Å²) in [6.07, 6.45) is 0. The second kappa shape index (κ2) is 6.01. The number of rotatable bonds is 5. The first-order valence-electron chi connectivity index (χ1n) is 5.15. The Hall–Kier alpha value is -0.870. The standard InChI is InChI=1S/C12H15BrO3/c1-3-16-10-6-4-5-9(7-14)11(10)12(15)8(2)13/h4-6,8,14H,3,7H2,1-2H3. The molecule has 3 nitrogen and oxygen atoms in total. The third-order valence-corrected chi connectivity index (χ3v) is 2.61. The predicted octanol–water partition coefficient (Wildman–Crippen LogP) is 2.54. The largest absolute Gasteiger partial charge is 0.493 e. The predicted molar refractivity (Wildman–Crippen MR) is 66.3 cm³/mol. The highest BCUT2D eigenvalue weighted by Gasteiger charge is 2.20. The lowest BCUT2D eigenvalue weighted by Gasteiger charge is -2.13. The van der Waals surface area contributed by atoms with E-state index in [9.17, 15) is 9.90 Å². The van der Waals surface area contributed by atoms with Gasteiger partial charge in [0.2, 0.25) is 0 Å². The zero-order valence-corrected chi connectivity index (χ0v) is 11.0. The molecular weight excluding hydrogens is 272 g/mol. The van der Waals surface area contributed by atoms with Crippen molar-refractivity contribution in [2.75, 3.05) is 6.61 Å². The molecule has 1 unspecified atom stereocenters. The van der Waals surface area contributed by atoms with E-state index in [1.165, 1.54) is 0 Å². The maximum absolute atomic E-state index is 12.0. The topological polar surface area (TPSA) is 46.5 Å². The first-order valence-corrected chi connectivity index (χ1v) is 6.07. The van der Waals surface area contributed by atoms with E-state index < -0.39 is 0 Å². The number of halogens is 1. The van der Waals surface area contributed by atoms with E-state index in [0.29, 0.717) is 23.5 Å². The number of carbonyl (C=O) groups excluding carboxylic acids is 1. The Bertz CT molecular complexity index is 375. The van der Waals surface area contributed by atoms with Gasteiger partial charge in [0.25, 0.3) is 0 Å². The number of Topliss-reactive ketones (excluding diaryl/α,β-unsaturated/α-hetero) is 1. The normalized spacial score (nSPS) is 12.2. The average molecular weight is 287 g/mol. The van der Waals surface area contributed by atoms with E-state index >= 15 is 0 Å². The van der Waals surface area contributed by atoms with Crippen molar-refractivity contribution in [2.45, 2.75) is 25.3 Å². The number of alkyl halides is 1. The number of aliphatic hydroxyl groups excluding tert-OH is 1. The molecular formula is C12H15BrO3. The molecule has 0 saturated heterocycles. The number of carbonyl (C=O) groups is 1. The molecule has 16 heavy (non-hydrogen) atoms. The maximum atomic E-state index is 12.0. The zero-order valence-electron chi connectivity index (χ0n) is 9.37. The molecule has 1 rings (SSSR count). The molecule has 0 aliphatic heterocycles. The van der Waals surface area contributed by atoms with Gasteiger partial charge in [0, 0.05) is 0 Å². The molecule has 88 valence electrons. The van der Waals surface area contributed by atoms with Gasteiger partial charge in [-0.3, -0.25) is 4.79 Å². The van der Waals surface area contributed by atoms with Crippen molar-refractivity contribution in [3.8, 4) is 5.75 Å². The van der Waals surface area contributed by atoms with Crippen molar-refractivity contribution in [3.63, 3.8) is 0 Å². The molecule has 1 aromatic rings. The summed E-state index contributed by atoms with van der Waals surface area (Å²) in [6, 6.07) is 5.24. The van der Waals surface area contributed by atoms with E-state index in [0.717, 1.165) is 0 Å². The molecule has 0 spiro atoms. The summed E-state index contributed by atoms with van der Waals surface area (Å²) in [6.45, 7) is 3.94. The van der Waals surface area contributed by atoms with Gasteiger partial charge in [-0.1, -0.05) is 28.1 Å². The summed E-state index contributed by atoms with van der Waals surface area (Å²) >= 11 is 3.24. The van der Waals surface area contributed by atoms with Gasteiger partial charge in [-0.2, -0.15) is 0 Å². The highest BCUT2D eigenvalue weighted by molar-refractivity contribution is 9.10. The summed E-state index contributed by atoms with van der Waals surface area (Å²) in [4.78, 5) is 11.7. The molecule has 4 heteroatoms. The van der Waals surface area contributed by atoms with Crippen molar-refractivity contribution < 1.29 is 14.6 Å². The van der Waals surface area contributed by atoms with Crippen molar-refractivity contribution in [1.29, 1.82) is 0 Å². The SMILES string of the molecule is CCOc1cccc(CO)c1C(=O)C(C)Br. The second-order valence-electron chi connectivity index (χ2n) is 3.36. The van der Waals surface area contributed by atoms with E-state index in [-0.39, 0.29) is 17.2 Å². The number of aliphatic hydroxyl groups is 1. The Balaban J connectivity index is 3.24. The Kier molecular flexibility index (Phi) is 4.96. The molecule has 0 aliphatic carbocycles. The first-order chi connectivity index (χ1) is 7.61. The van der Waals surface area contributed by atoms with Crippen molar-refractivity contribution in [2.24, 2.45) is 0 Å². The van der Waals surface area contributed by atoms with Gasteiger partial charge in [-0.25, -0.2) is 0 Å². The lowest BCUT2D eigenvalue weighted by atomic mass is 10.0. The molecule has 0 fully saturated rings. The molecule has 0 amide bonds. The van der Waals surface area contributed by atoms with Crippen LogP contribution in [0.4, 0.5) is 0 Å². The second-order valence-corrected chi connectivity index (χ2v) is 4.74. The van der Waals surface area contributed by atoms with E-state index in [4.69, 9.17) is 4.74 Å². The quantitative estimate of drug-likeness (QED) is 0.668. The van der Waals surface area contributed by atoms with Crippen LogP contribution in [0.15, 0.2) is 18.2 Å². The molecule has 1 atom stereocenters. The van der Waals surface area contributed by atoms with Gasteiger partial charge in [0.05, 0.1) is 23.6 Å². The Morgan fingerprint density at radius 1 is 1.56 bits per heavy atom. The fourth-order valence-electron chi connectivity index (χ4n) is 1.46. The molecule has 1 N–H and O–H groups in total. The van der Waals surface area contributed by atoms with Gasteiger partial charge in [0.1, 0.15) is 5.75 Å². The monoisotopic (exact) mass is 286 g/mol. The lowest BCUT2D eigenvalue weighted by molar-refractivity contribution is 0.0989. The van der Waals surface area contributed by atoms with Crippen molar-refractivity contribution in [1.82, 2.24) is 0 Å². The fraction of sp³-hybridized carbons (Fsp3) is 0.417. The zero-order chi connectivity index (χ0) is 12.1. The molecule has 1 aromatic carbocycles. The number of benzene rings is 1. The Labute approximate surface area is 104 Å². The van der Waals surface area contributed by atoms with Crippen molar-refractivity contribution in [3.05, 3.63) is 29.3 Å². The lowest BCUT2D eigenvalue weighted by Crippen LogP contribution is -2.15. The van der Waals surface area contributed by atoms with Crippen molar-refractivity contribution >= 4 is 21.7 Å². The van der Waals surface area contributed by atoms with Crippen LogP contribution in [-0.2, 0) is 6.61 Å². The molecule has 0 radical (unpaired) electrons. The highest BCUT2D eigenvalue weighted by atomic mass is 79.9. The summed E-state index contributed by atoms with van der Waals surface area (Å²) in [5.41, 5.74) is 1.07. The molecule has 0 bridgehead atoms. The van der Waals surface area contributed by atoms with E-state index in [2.05, 4.69) is 15.9 Å². The molecule has 0 aliphatic rings. The third kappa shape index (κ3) is 2.83. The van der Waals surface area contributed by atoms with Crippen LogP contribution in [0.1, 0.15) is 29.8 Å². The highest BCUT2D eigenvalue weighted by Crippen LogP contribution is 2.25. The fourth-order valence-corrected chi connectivity index (χ4v) is 1.69. The Morgan fingerprint density at radius 3 is 2.75 bits per heavy atom. The van der Waals surface area contributed by atoms with Gasteiger partial charge in [-0.05, 0) is 25.5 Å². The summed E-state index contributed by atoms with van der Waals surface area (Å²) < 4.78 is 5.40. The van der Waals surface area contributed by atoms with E-state index in [1.807, 2.05) is 6.92 Å². The minimum absolute atomic E-state index is 0.0758. The number of hydrogen-bond acceptors (Lipinski definition) is 3. The van der Waals surface area contributed by atoms with Crippen LogP contribution in [0.5, 0.6) is 5.75 Å². The smallest absolute Gasteiger partial charge is 0.180 e. The Morgan fingerprint density at radius 2 is 2.25 bits per heavy atom. The van der Waals surface area contributed by atoms with Gasteiger partial charge in [-0.15, -0.1) is 0 Å².